The zero-order valence-corrected chi connectivity index (χ0v) is 15.5. The van der Waals surface area contributed by atoms with Crippen molar-refractivity contribution in [3.63, 3.8) is 0 Å². The number of likely N-dealkylation sites (tertiary alicyclic amines) is 1. The van der Waals surface area contributed by atoms with Crippen molar-refractivity contribution in [3.05, 3.63) is 53.1 Å². The van der Waals surface area contributed by atoms with E-state index in [0.29, 0.717) is 12.0 Å². The van der Waals surface area contributed by atoms with E-state index in [2.05, 4.69) is 6.08 Å². The van der Waals surface area contributed by atoms with Crippen LogP contribution in [0.25, 0.3) is 5.57 Å². The summed E-state index contributed by atoms with van der Waals surface area (Å²) in [5.74, 6) is -0.106. The molecule has 0 N–H and O–H groups in total. The smallest absolute Gasteiger partial charge is 0.277 e. The Morgan fingerprint density at radius 2 is 1.85 bits per heavy atom. The van der Waals surface area contributed by atoms with Gasteiger partial charge in [-0.15, -0.1) is 0 Å². The van der Waals surface area contributed by atoms with Crippen molar-refractivity contribution in [3.8, 4) is 0 Å². The highest BCUT2D eigenvalue weighted by Gasteiger charge is 2.26. The van der Waals surface area contributed by atoms with Crippen molar-refractivity contribution >= 4 is 17.4 Å². The third-order valence-electron chi connectivity index (χ3n) is 5.08. The number of allylic oxidation sites excluding steroid dienone is 3. The summed E-state index contributed by atoms with van der Waals surface area (Å²) in [5.41, 5.74) is 3.01. The van der Waals surface area contributed by atoms with Crippen molar-refractivity contribution in [2.24, 2.45) is 0 Å². The van der Waals surface area contributed by atoms with Gasteiger partial charge in [-0.25, -0.2) is 5.06 Å². The van der Waals surface area contributed by atoms with Crippen molar-refractivity contribution < 1.29 is 14.4 Å². The van der Waals surface area contributed by atoms with Crippen LogP contribution in [-0.4, -0.2) is 49.0 Å². The third-order valence-corrected chi connectivity index (χ3v) is 5.08. The minimum atomic E-state index is -0.223. The Balaban J connectivity index is 2.02. The van der Waals surface area contributed by atoms with E-state index >= 15 is 0 Å². The van der Waals surface area contributed by atoms with Gasteiger partial charge in [-0.1, -0.05) is 30.4 Å². The highest BCUT2D eigenvalue weighted by Crippen LogP contribution is 2.32. The SMILES string of the molecule is CON(C)C(=O)c1ccccc1C1=C(C(=O)N2CCCCC2)CCC=C1. The first-order valence-corrected chi connectivity index (χ1v) is 9.24. The fraction of sp³-hybridized carbons (Fsp3) is 0.429. The molecule has 0 radical (unpaired) electrons. The predicted molar refractivity (Wildman–Crippen MR) is 101 cm³/mol. The van der Waals surface area contributed by atoms with Crippen LogP contribution in [0.15, 0.2) is 42.0 Å². The number of hydrogen-bond donors (Lipinski definition) is 0. The zero-order chi connectivity index (χ0) is 18.5. The highest BCUT2D eigenvalue weighted by molar-refractivity contribution is 6.07. The molecule has 1 aromatic carbocycles. The van der Waals surface area contributed by atoms with Gasteiger partial charge in [0.2, 0.25) is 5.91 Å². The first-order chi connectivity index (χ1) is 12.6. The van der Waals surface area contributed by atoms with Gasteiger partial charge in [0.1, 0.15) is 0 Å². The van der Waals surface area contributed by atoms with Crippen LogP contribution in [0.3, 0.4) is 0 Å². The molecule has 0 aromatic heterocycles. The van der Waals surface area contributed by atoms with Crippen molar-refractivity contribution in [1.82, 2.24) is 9.96 Å². The van der Waals surface area contributed by atoms with Gasteiger partial charge in [0.25, 0.3) is 5.91 Å². The van der Waals surface area contributed by atoms with Crippen molar-refractivity contribution in [1.29, 1.82) is 0 Å². The number of carbonyl (C=O) groups excluding carboxylic acids is 2. The fourth-order valence-electron chi connectivity index (χ4n) is 3.58. The number of hydroxylamine groups is 2. The van der Waals surface area contributed by atoms with E-state index in [-0.39, 0.29) is 11.8 Å². The number of piperidine rings is 1. The maximum Gasteiger partial charge on any atom is 0.277 e. The molecular formula is C21H26N2O3. The maximum absolute atomic E-state index is 13.1. The molecule has 2 aliphatic rings. The van der Waals surface area contributed by atoms with E-state index in [1.165, 1.54) is 18.6 Å². The molecule has 1 aliphatic carbocycles. The summed E-state index contributed by atoms with van der Waals surface area (Å²) >= 11 is 0. The Hall–Kier alpha value is -2.40. The molecule has 5 nitrogen and oxygen atoms in total. The van der Waals surface area contributed by atoms with Gasteiger partial charge in [0, 0.05) is 31.3 Å². The summed E-state index contributed by atoms with van der Waals surface area (Å²) in [6, 6.07) is 7.42. The number of benzene rings is 1. The van der Waals surface area contributed by atoms with Gasteiger partial charge in [-0.2, -0.15) is 0 Å². The Kier molecular flexibility index (Phi) is 5.89. The van der Waals surface area contributed by atoms with Gasteiger partial charge >= 0.3 is 0 Å². The molecule has 5 heteroatoms. The molecule has 0 unspecified atom stereocenters. The van der Waals surface area contributed by atoms with Gasteiger partial charge in [0.15, 0.2) is 0 Å². The second-order valence-electron chi connectivity index (χ2n) is 6.72. The summed E-state index contributed by atoms with van der Waals surface area (Å²) in [5, 5.41) is 1.21. The lowest BCUT2D eigenvalue weighted by atomic mass is 9.88. The standard InChI is InChI=1S/C21H26N2O3/c1-22(26-2)20(24)18-12-6-4-10-16(18)17-11-5-7-13-19(17)21(25)23-14-8-3-9-15-23/h4-6,10-12H,3,7-9,13-15H2,1-2H3. The van der Waals surface area contributed by atoms with Crippen LogP contribution in [-0.2, 0) is 9.63 Å². The lowest BCUT2D eigenvalue weighted by Crippen LogP contribution is -2.37. The van der Waals surface area contributed by atoms with Gasteiger partial charge in [-0.3, -0.25) is 14.4 Å². The molecule has 1 aliphatic heterocycles. The van der Waals surface area contributed by atoms with E-state index in [1.807, 2.05) is 29.2 Å². The molecule has 0 bridgehead atoms. The normalized spacial score (nSPS) is 17.4. The number of carbonyl (C=O) groups is 2. The zero-order valence-electron chi connectivity index (χ0n) is 15.5. The highest BCUT2D eigenvalue weighted by atomic mass is 16.7. The molecule has 0 saturated carbocycles. The monoisotopic (exact) mass is 354 g/mol. The molecule has 1 aromatic rings. The molecule has 138 valence electrons. The number of hydrogen-bond acceptors (Lipinski definition) is 3. The van der Waals surface area contributed by atoms with Gasteiger partial charge in [-0.05, 0) is 49.3 Å². The van der Waals surface area contributed by atoms with Gasteiger partial charge < -0.3 is 4.90 Å². The molecule has 26 heavy (non-hydrogen) atoms. The predicted octanol–water partition coefficient (Wildman–Crippen LogP) is 3.44. The average molecular weight is 354 g/mol. The first kappa shape index (κ1) is 18.4. The van der Waals surface area contributed by atoms with Crippen LogP contribution >= 0.6 is 0 Å². The second-order valence-corrected chi connectivity index (χ2v) is 6.72. The first-order valence-electron chi connectivity index (χ1n) is 9.24. The molecule has 2 amide bonds. The fourth-order valence-corrected chi connectivity index (χ4v) is 3.58. The van der Waals surface area contributed by atoms with E-state index in [0.717, 1.165) is 49.1 Å². The van der Waals surface area contributed by atoms with E-state index in [4.69, 9.17) is 4.84 Å². The minimum absolute atomic E-state index is 0.117. The second kappa shape index (κ2) is 8.32. The topological polar surface area (TPSA) is 49.9 Å². The molecule has 1 heterocycles. The Morgan fingerprint density at radius 3 is 2.58 bits per heavy atom. The van der Waals surface area contributed by atoms with Crippen LogP contribution in [0.1, 0.15) is 48.0 Å². The Bertz CT molecular complexity index is 745. The van der Waals surface area contributed by atoms with E-state index in [9.17, 15) is 9.59 Å². The summed E-state index contributed by atoms with van der Waals surface area (Å²) in [6.07, 6.45) is 8.95. The lowest BCUT2D eigenvalue weighted by molar-refractivity contribution is -0.128. The molecular weight excluding hydrogens is 328 g/mol. The summed E-state index contributed by atoms with van der Waals surface area (Å²) < 4.78 is 0. The van der Waals surface area contributed by atoms with Crippen molar-refractivity contribution in [2.75, 3.05) is 27.2 Å². The van der Waals surface area contributed by atoms with Crippen LogP contribution in [0, 0.1) is 0 Å². The van der Waals surface area contributed by atoms with Crippen LogP contribution in [0.2, 0.25) is 0 Å². The lowest BCUT2D eigenvalue weighted by Gasteiger charge is -2.29. The van der Waals surface area contributed by atoms with Crippen LogP contribution in [0.4, 0.5) is 0 Å². The van der Waals surface area contributed by atoms with E-state index < -0.39 is 0 Å². The third kappa shape index (κ3) is 3.73. The molecule has 1 fully saturated rings. The van der Waals surface area contributed by atoms with Crippen LogP contribution in [0.5, 0.6) is 0 Å². The summed E-state index contributed by atoms with van der Waals surface area (Å²) in [4.78, 5) is 32.8. The maximum atomic E-state index is 13.1. The van der Waals surface area contributed by atoms with Crippen molar-refractivity contribution in [2.45, 2.75) is 32.1 Å². The molecule has 3 rings (SSSR count). The molecule has 0 spiro atoms. The number of rotatable bonds is 4. The average Bonchev–Trinajstić information content (AvgIpc) is 2.72. The Labute approximate surface area is 154 Å². The summed E-state index contributed by atoms with van der Waals surface area (Å²) in [6.45, 7) is 1.65. The minimum Gasteiger partial charge on any atom is -0.339 e. The number of amides is 2. The molecule has 0 atom stereocenters. The largest absolute Gasteiger partial charge is 0.339 e. The summed E-state index contributed by atoms with van der Waals surface area (Å²) in [7, 11) is 3.05. The van der Waals surface area contributed by atoms with Gasteiger partial charge in [0.05, 0.1) is 7.11 Å². The quantitative estimate of drug-likeness (QED) is 0.779. The number of nitrogens with zero attached hydrogens (tertiary/aromatic N) is 2. The van der Waals surface area contributed by atoms with Crippen LogP contribution < -0.4 is 0 Å². The Morgan fingerprint density at radius 1 is 1.12 bits per heavy atom. The van der Waals surface area contributed by atoms with E-state index in [1.54, 1.807) is 13.1 Å². The molecule has 1 saturated heterocycles.